The lowest BCUT2D eigenvalue weighted by Crippen LogP contribution is -2.09. The minimum absolute atomic E-state index is 0.354. The predicted molar refractivity (Wildman–Crippen MR) is 75.7 cm³/mol. The molecule has 1 aromatic carbocycles. The molecule has 0 saturated carbocycles. The van der Waals surface area contributed by atoms with Gasteiger partial charge >= 0.3 is 11.9 Å². The number of unbranched alkanes of at least 4 members (excludes halogenated alkanes) is 1. The van der Waals surface area contributed by atoms with Crippen LogP contribution in [0.1, 0.15) is 40.5 Å². The van der Waals surface area contributed by atoms with E-state index >= 15 is 0 Å². The highest BCUT2D eigenvalue weighted by molar-refractivity contribution is 14.1. The van der Waals surface area contributed by atoms with Gasteiger partial charge in [-0.1, -0.05) is 13.3 Å². The van der Waals surface area contributed by atoms with Crippen molar-refractivity contribution in [2.75, 3.05) is 13.7 Å². The summed E-state index contributed by atoms with van der Waals surface area (Å²) in [5.74, 6) is -0.872. The van der Waals surface area contributed by atoms with Crippen molar-refractivity contribution in [1.82, 2.24) is 0 Å². The molecule has 98 valence electrons. The van der Waals surface area contributed by atoms with Crippen molar-refractivity contribution in [3.8, 4) is 0 Å². The van der Waals surface area contributed by atoms with E-state index in [1.54, 1.807) is 12.1 Å². The Labute approximate surface area is 120 Å². The zero-order valence-electron chi connectivity index (χ0n) is 10.4. The van der Waals surface area contributed by atoms with E-state index in [9.17, 15) is 9.59 Å². The van der Waals surface area contributed by atoms with Crippen LogP contribution in [0.5, 0.6) is 0 Å². The summed E-state index contributed by atoms with van der Waals surface area (Å²) in [6, 6.07) is 4.83. The van der Waals surface area contributed by atoms with Crippen LogP contribution in [0.25, 0.3) is 0 Å². The number of halogens is 1. The zero-order valence-corrected chi connectivity index (χ0v) is 12.5. The highest BCUT2D eigenvalue weighted by atomic mass is 127. The molecule has 18 heavy (non-hydrogen) atoms. The molecule has 0 radical (unpaired) electrons. The Morgan fingerprint density at radius 2 is 1.78 bits per heavy atom. The van der Waals surface area contributed by atoms with Crippen molar-refractivity contribution in [2.45, 2.75) is 19.8 Å². The number of benzene rings is 1. The quantitative estimate of drug-likeness (QED) is 0.459. The van der Waals surface area contributed by atoms with Crippen LogP contribution in [0.4, 0.5) is 0 Å². The molecule has 0 atom stereocenters. The van der Waals surface area contributed by atoms with Crippen molar-refractivity contribution >= 4 is 34.5 Å². The van der Waals surface area contributed by atoms with Gasteiger partial charge < -0.3 is 9.47 Å². The first kappa shape index (κ1) is 14.9. The number of carbonyl (C=O) groups is 2. The first-order chi connectivity index (χ1) is 8.58. The Kier molecular flexibility index (Phi) is 6.11. The number of methoxy groups -OCH3 is 1. The van der Waals surface area contributed by atoms with Crippen LogP contribution >= 0.6 is 22.6 Å². The smallest absolute Gasteiger partial charge is 0.338 e. The fourth-order valence-electron chi connectivity index (χ4n) is 1.34. The summed E-state index contributed by atoms with van der Waals surface area (Å²) in [4.78, 5) is 23.2. The van der Waals surface area contributed by atoms with Crippen LogP contribution in [0.15, 0.2) is 18.2 Å². The van der Waals surface area contributed by atoms with E-state index < -0.39 is 11.9 Å². The second kappa shape index (κ2) is 7.35. The molecular weight excluding hydrogens is 347 g/mol. The molecule has 5 heteroatoms. The van der Waals surface area contributed by atoms with E-state index in [1.807, 2.05) is 29.5 Å². The maximum absolute atomic E-state index is 11.8. The van der Waals surface area contributed by atoms with Gasteiger partial charge in [0.05, 0.1) is 24.8 Å². The minimum atomic E-state index is -0.462. The molecule has 0 saturated heterocycles. The summed E-state index contributed by atoms with van der Waals surface area (Å²) >= 11 is 2.04. The van der Waals surface area contributed by atoms with Crippen molar-refractivity contribution in [3.05, 3.63) is 32.9 Å². The molecule has 0 aromatic heterocycles. The lowest BCUT2D eigenvalue weighted by Gasteiger charge is -2.06. The third kappa shape index (κ3) is 4.29. The Balaban J connectivity index is 2.85. The fourth-order valence-corrected chi connectivity index (χ4v) is 2.01. The maximum atomic E-state index is 11.8. The van der Waals surface area contributed by atoms with E-state index in [0.717, 1.165) is 16.4 Å². The summed E-state index contributed by atoms with van der Waals surface area (Å²) in [5.41, 5.74) is 0.727. The maximum Gasteiger partial charge on any atom is 0.338 e. The number of hydrogen-bond donors (Lipinski definition) is 0. The van der Waals surface area contributed by atoms with Crippen LogP contribution in [-0.2, 0) is 9.47 Å². The third-order valence-electron chi connectivity index (χ3n) is 2.29. The van der Waals surface area contributed by atoms with Crippen LogP contribution in [-0.4, -0.2) is 25.7 Å². The standard InChI is InChI=1S/C13H15IO4/c1-3-4-5-18-13(16)10-6-9(12(15)17-2)7-11(14)8-10/h6-8H,3-5H2,1-2H3. The van der Waals surface area contributed by atoms with Crippen LogP contribution < -0.4 is 0 Å². The predicted octanol–water partition coefficient (Wildman–Crippen LogP) is 3.03. The fraction of sp³-hybridized carbons (Fsp3) is 0.385. The lowest BCUT2D eigenvalue weighted by molar-refractivity contribution is 0.0499. The number of ether oxygens (including phenoxy) is 2. The van der Waals surface area contributed by atoms with E-state index in [2.05, 4.69) is 4.74 Å². The summed E-state index contributed by atoms with van der Waals surface area (Å²) in [6.45, 7) is 2.42. The van der Waals surface area contributed by atoms with Crippen molar-refractivity contribution in [1.29, 1.82) is 0 Å². The molecule has 0 bridgehead atoms. The van der Waals surface area contributed by atoms with Crippen LogP contribution in [0, 0.1) is 3.57 Å². The van der Waals surface area contributed by atoms with Gasteiger partial charge in [0.2, 0.25) is 0 Å². The second-order valence-corrected chi connectivity index (χ2v) is 4.96. The van der Waals surface area contributed by atoms with Gasteiger partial charge in [0, 0.05) is 3.57 Å². The Bertz CT molecular complexity index is 443. The average Bonchev–Trinajstić information content (AvgIpc) is 2.37. The molecule has 0 aliphatic carbocycles. The molecule has 0 unspecified atom stereocenters. The molecule has 0 aliphatic heterocycles. The number of esters is 2. The molecule has 0 N–H and O–H groups in total. The van der Waals surface area contributed by atoms with Gasteiger partial charge in [-0.2, -0.15) is 0 Å². The van der Waals surface area contributed by atoms with Gasteiger partial charge in [-0.3, -0.25) is 0 Å². The van der Waals surface area contributed by atoms with Gasteiger partial charge in [-0.15, -0.1) is 0 Å². The van der Waals surface area contributed by atoms with Gasteiger partial charge in [-0.05, 0) is 47.2 Å². The second-order valence-electron chi connectivity index (χ2n) is 3.71. The topological polar surface area (TPSA) is 52.6 Å². The van der Waals surface area contributed by atoms with Gasteiger partial charge in [0.15, 0.2) is 0 Å². The highest BCUT2D eigenvalue weighted by Gasteiger charge is 2.13. The summed E-state index contributed by atoms with van der Waals surface area (Å²) < 4.78 is 10.5. The molecule has 0 amide bonds. The van der Waals surface area contributed by atoms with Crippen LogP contribution in [0.3, 0.4) is 0 Å². The summed E-state index contributed by atoms with van der Waals surface area (Å²) in [6.07, 6.45) is 1.80. The normalized spacial score (nSPS) is 9.94. The average molecular weight is 362 g/mol. The van der Waals surface area contributed by atoms with E-state index in [1.165, 1.54) is 13.2 Å². The minimum Gasteiger partial charge on any atom is -0.465 e. The van der Waals surface area contributed by atoms with E-state index in [4.69, 9.17) is 4.74 Å². The Morgan fingerprint density at radius 3 is 2.33 bits per heavy atom. The number of hydrogen-bond acceptors (Lipinski definition) is 4. The molecule has 1 rings (SSSR count). The number of rotatable bonds is 5. The van der Waals surface area contributed by atoms with Gasteiger partial charge in [-0.25, -0.2) is 9.59 Å². The molecule has 1 aromatic rings. The first-order valence-electron chi connectivity index (χ1n) is 5.64. The van der Waals surface area contributed by atoms with Gasteiger partial charge in [0.1, 0.15) is 0 Å². The van der Waals surface area contributed by atoms with Crippen molar-refractivity contribution in [3.63, 3.8) is 0 Å². The zero-order chi connectivity index (χ0) is 13.5. The molecular formula is C13H15IO4. The van der Waals surface area contributed by atoms with Gasteiger partial charge in [0.25, 0.3) is 0 Å². The highest BCUT2D eigenvalue weighted by Crippen LogP contribution is 2.14. The third-order valence-corrected chi connectivity index (χ3v) is 2.91. The molecule has 0 aliphatic rings. The van der Waals surface area contributed by atoms with E-state index in [-0.39, 0.29) is 0 Å². The monoisotopic (exact) mass is 362 g/mol. The first-order valence-corrected chi connectivity index (χ1v) is 6.72. The van der Waals surface area contributed by atoms with E-state index in [0.29, 0.717) is 17.7 Å². The Hall–Kier alpha value is -1.11. The SMILES string of the molecule is CCCCOC(=O)c1cc(I)cc(C(=O)OC)c1. The summed E-state index contributed by atoms with van der Waals surface area (Å²) in [5, 5.41) is 0. The van der Waals surface area contributed by atoms with Crippen molar-refractivity contribution in [2.24, 2.45) is 0 Å². The lowest BCUT2D eigenvalue weighted by atomic mass is 10.1. The van der Waals surface area contributed by atoms with Crippen LogP contribution in [0.2, 0.25) is 0 Å². The van der Waals surface area contributed by atoms with Crippen molar-refractivity contribution < 1.29 is 19.1 Å². The number of carbonyl (C=O) groups excluding carboxylic acids is 2. The largest absolute Gasteiger partial charge is 0.465 e. The summed E-state index contributed by atoms with van der Waals surface area (Å²) in [7, 11) is 1.31. The Morgan fingerprint density at radius 1 is 1.17 bits per heavy atom. The molecule has 0 fully saturated rings. The molecule has 0 spiro atoms. The molecule has 0 heterocycles. The molecule has 4 nitrogen and oxygen atoms in total.